The summed E-state index contributed by atoms with van der Waals surface area (Å²) in [5.74, 6) is -0.764. The number of nitrogen functional groups attached to an aromatic ring is 1. The third-order valence-corrected chi connectivity index (χ3v) is 8.12. The van der Waals surface area contributed by atoms with Crippen LogP contribution in [-0.4, -0.2) is 56.7 Å². The smallest absolute Gasteiger partial charge is 0.459 e. The fourth-order valence-corrected chi connectivity index (χ4v) is 6.45. The van der Waals surface area contributed by atoms with E-state index in [0.29, 0.717) is 0 Å². The molecular weight excluding hydrogens is 485 g/mol. The number of nitrogens with zero attached hydrogens (tertiary/aromatic N) is 3. The summed E-state index contributed by atoms with van der Waals surface area (Å²) >= 11 is 1.25. The predicted octanol–water partition coefficient (Wildman–Crippen LogP) is 1.58. The lowest BCUT2D eigenvalue weighted by atomic mass is 10.1. The maximum atomic E-state index is 13.7. The molecule has 1 aliphatic rings. The first-order valence-corrected chi connectivity index (χ1v) is 13.0. The maximum Gasteiger partial charge on any atom is 0.459 e. The highest BCUT2D eigenvalue weighted by Crippen LogP contribution is 2.48. The second kappa shape index (κ2) is 11.3. The van der Waals surface area contributed by atoms with Crippen LogP contribution < -0.4 is 21.0 Å². The fraction of sp³-hybridized carbons (Fsp3) is 0.500. The summed E-state index contributed by atoms with van der Waals surface area (Å²) in [5.41, 5.74) is 4.85. The van der Waals surface area contributed by atoms with Gasteiger partial charge in [-0.05, 0) is 18.1 Å². The van der Waals surface area contributed by atoms with E-state index in [4.69, 9.17) is 19.5 Å². The molecule has 1 aromatic carbocycles. The number of carbonyl (C=O) groups is 1. The van der Waals surface area contributed by atoms with Crippen LogP contribution in [0.1, 0.15) is 25.6 Å². The number of methoxy groups -OCH3 is 1. The third-order valence-electron chi connectivity index (χ3n) is 5.06. The zero-order chi connectivity index (χ0) is 24.9. The van der Waals surface area contributed by atoms with Gasteiger partial charge in [-0.25, -0.2) is 14.3 Å². The van der Waals surface area contributed by atoms with E-state index in [1.807, 2.05) is 0 Å². The SMILES string of the molecule is COC(=O)[C@@H](NP(=O)(OC[C@H]1S[C@@H](n2cnc(N)nc2=O)C[C@H]1O)Oc1ccccc1)C(C)C. The number of hydrogen-bond donors (Lipinski definition) is 3. The van der Waals surface area contributed by atoms with Crippen molar-refractivity contribution in [3.63, 3.8) is 0 Å². The van der Waals surface area contributed by atoms with Gasteiger partial charge in [0.05, 0.1) is 30.4 Å². The van der Waals surface area contributed by atoms with Crippen molar-refractivity contribution in [2.45, 2.75) is 43.0 Å². The third kappa shape index (κ3) is 6.57. The number of aliphatic hydroxyl groups is 1. The Morgan fingerprint density at radius 2 is 2.09 bits per heavy atom. The predicted molar refractivity (Wildman–Crippen MR) is 126 cm³/mol. The lowest BCUT2D eigenvalue weighted by Gasteiger charge is -2.27. The summed E-state index contributed by atoms with van der Waals surface area (Å²) in [6.07, 6.45) is 0.624. The van der Waals surface area contributed by atoms with Crippen LogP contribution in [0.2, 0.25) is 0 Å². The van der Waals surface area contributed by atoms with E-state index in [0.717, 1.165) is 0 Å². The van der Waals surface area contributed by atoms with Crippen molar-refractivity contribution < 1.29 is 28.3 Å². The molecule has 0 bridgehead atoms. The van der Waals surface area contributed by atoms with E-state index < -0.39 is 42.2 Å². The number of carbonyl (C=O) groups excluding carboxylic acids is 1. The number of ether oxygens (including phenoxy) is 1. The largest absolute Gasteiger partial charge is 0.468 e. The monoisotopic (exact) mass is 513 g/mol. The molecule has 12 nitrogen and oxygen atoms in total. The Labute approximate surface area is 200 Å². The van der Waals surface area contributed by atoms with Gasteiger partial charge >= 0.3 is 19.4 Å². The van der Waals surface area contributed by atoms with Crippen LogP contribution in [-0.2, 0) is 18.6 Å². The number of esters is 1. The molecule has 1 aromatic heterocycles. The Balaban J connectivity index is 1.76. The number of benzene rings is 1. The van der Waals surface area contributed by atoms with E-state index in [1.165, 1.54) is 29.8 Å². The van der Waals surface area contributed by atoms with Crippen molar-refractivity contribution in [3.8, 4) is 5.75 Å². The number of hydrogen-bond acceptors (Lipinski definition) is 11. The van der Waals surface area contributed by atoms with E-state index in [-0.39, 0.29) is 30.6 Å². The Hall–Kier alpha value is -2.44. The number of thioether (sulfide) groups is 1. The van der Waals surface area contributed by atoms with Gasteiger partial charge in [-0.1, -0.05) is 32.0 Å². The van der Waals surface area contributed by atoms with Gasteiger partial charge in [-0.15, -0.1) is 11.8 Å². The van der Waals surface area contributed by atoms with Gasteiger partial charge < -0.3 is 20.1 Å². The van der Waals surface area contributed by atoms with Gasteiger partial charge in [0.1, 0.15) is 18.1 Å². The normalized spacial score (nSPS) is 22.8. The first kappa shape index (κ1) is 26.2. The quantitative estimate of drug-likeness (QED) is 0.310. The number of nitrogens with one attached hydrogen (secondary N) is 1. The van der Waals surface area contributed by atoms with E-state index in [9.17, 15) is 19.3 Å². The molecule has 186 valence electrons. The first-order valence-electron chi connectivity index (χ1n) is 10.5. The van der Waals surface area contributed by atoms with Crippen molar-refractivity contribution >= 4 is 31.4 Å². The molecule has 5 atom stereocenters. The van der Waals surface area contributed by atoms with Crippen molar-refractivity contribution in [1.82, 2.24) is 19.6 Å². The number of rotatable bonds is 10. The van der Waals surface area contributed by atoms with Crippen LogP contribution >= 0.6 is 19.5 Å². The summed E-state index contributed by atoms with van der Waals surface area (Å²) in [4.78, 5) is 31.8. The molecule has 34 heavy (non-hydrogen) atoms. The standard InChI is InChI=1S/C20H28N5O7PS/c1-12(2)17(18(27)30-3)24-33(29,32-13-7-5-4-6-8-13)31-10-15-14(26)9-16(34-15)25-11-22-19(21)23-20(25)28/h4-8,11-12,14-17,26H,9-10H2,1-3H3,(H,24,29)(H2,21,23,28)/t14-,15-,16-,17+,33?/m1/s1. The minimum atomic E-state index is -4.09. The summed E-state index contributed by atoms with van der Waals surface area (Å²) in [5, 5.41) is 12.2. The molecule has 4 N–H and O–H groups in total. The fourth-order valence-electron chi connectivity index (χ4n) is 3.24. The molecule has 1 saturated heterocycles. The van der Waals surface area contributed by atoms with E-state index >= 15 is 0 Å². The van der Waals surface area contributed by atoms with Crippen LogP contribution in [0, 0.1) is 5.92 Å². The molecule has 0 aliphatic carbocycles. The molecule has 0 amide bonds. The molecule has 2 aromatic rings. The number of aromatic nitrogens is 3. The van der Waals surface area contributed by atoms with Crippen molar-refractivity contribution in [1.29, 1.82) is 0 Å². The molecule has 0 saturated carbocycles. The zero-order valence-electron chi connectivity index (χ0n) is 18.9. The Morgan fingerprint density at radius 1 is 1.38 bits per heavy atom. The second-order valence-corrected chi connectivity index (χ2v) is 11.0. The van der Waals surface area contributed by atoms with Gasteiger partial charge in [-0.3, -0.25) is 13.9 Å². The Morgan fingerprint density at radius 3 is 2.71 bits per heavy atom. The second-order valence-electron chi connectivity index (χ2n) is 7.91. The molecule has 3 rings (SSSR count). The van der Waals surface area contributed by atoms with Gasteiger partial charge in [0.25, 0.3) is 0 Å². The molecule has 1 aliphatic heterocycles. The zero-order valence-corrected chi connectivity index (χ0v) is 20.6. The van der Waals surface area contributed by atoms with E-state index in [1.54, 1.807) is 44.2 Å². The highest BCUT2D eigenvalue weighted by Gasteiger charge is 2.40. The van der Waals surface area contributed by atoms with Gasteiger partial charge in [0.2, 0.25) is 5.95 Å². The van der Waals surface area contributed by atoms with Crippen LogP contribution in [0.15, 0.2) is 41.5 Å². The van der Waals surface area contributed by atoms with Gasteiger partial charge in [0.15, 0.2) is 0 Å². The average Bonchev–Trinajstić information content (AvgIpc) is 3.16. The lowest BCUT2D eigenvalue weighted by Crippen LogP contribution is -2.41. The number of para-hydroxylation sites is 1. The highest BCUT2D eigenvalue weighted by molar-refractivity contribution is 8.00. The van der Waals surface area contributed by atoms with Crippen LogP contribution in [0.3, 0.4) is 0 Å². The van der Waals surface area contributed by atoms with Crippen LogP contribution in [0.5, 0.6) is 5.75 Å². The molecular formula is C20H28N5O7PS. The highest BCUT2D eigenvalue weighted by atomic mass is 32.2. The lowest BCUT2D eigenvalue weighted by molar-refractivity contribution is -0.143. The number of anilines is 1. The summed E-state index contributed by atoms with van der Waals surface area (Å²) in [6.45, 7) is 3.33. The van der Waals surface area contributed by atoms with Gasteiger partial charge in [0, 0.05) is 6.42 Å². The number of nitrogens with two attached hydrogens (primary N) is 1. The summed E-state index contributed by atoms with van der Waals surface area (Å²) < 4.78 is 31.1. The topological polar surface area (TPSA) is 168 Å². The Kier molecular flexibility index (Phi) is 8.72. The molecule has 1 unspecified atom stereocenters. The van der Waals surface area contributed by atoms with Gasteiger partial charge in [-0.2, -0.15) is 10.1 Å². The molecule has 0 radical (unpaired) electrons. The summed E-state index contributed by atoms with van der Waals surface area (Å²) in [7, 11) is -2.86. The van der Waals surface area contributed by atoms with Crippen molar-refractivity contribution in [3.05, 3.63) is 47.1 Å². The first-order chi connectivity index (χ1) is 16.1. The number of aliphatic hydroxyl groups excluding tert-OH is 1. The minimum absolute atomic E-state index is 0.139. The maximum absolute atomic E-state index is 13.7. The van der Waals surface area contributed by atoms with Crippen LogP contribution in [0.25, 0.3) is 0 Å². The van der Waals surface area contributed by atoms with Crippen molar-refractivity contribution in [2.24, 2.45) is 5.92 Å². The molecule has 0 spiro atoms. The average molecular weight is 514 g/mol. The molecule has 14 heteroatoms. The minimum Gasteiger partial charge on any atom is -0.468 e. The molecule has 1 fully saturated rings. The van der Waals surface area contributed by atoms with Crippen LogP contribution in [0.4, 0.5) is 5.95 Å². The summed E-state index contributed by atoms with van der Waals surface area (Å²) in [6, 6.07) is 7.41. The van der Waals surface area contributed by atoms with Crippen molar-refractivity contribution in [2.75, 3.05) is 19.5 Å². The Bertz CT molecular complexity index is 1090. The van der Waals surface area contributed by atoms with E-state index in [2.05, 4.69) is 15.1 Å². The molecule has 2 heterocycles.